The highest BCUT2D eigenvalue weighted by Crippen LogP contribution is 2.24. The average Bonchev–Trinajstić information content (AvgIpc) is 3.00. The number of benzene rings is 1. The summed E-state index contributed by atoms with van der Waals surface area (Å²) >= 11 is 0. The van der Waals surface area contributed by atoms with Crippen LogP contribution < -0.4 is 21.3 Å². The minimum absolute atomic E-state index is 0.0246. The summed E-state index contributed by atoms with van der Waals surface area (Å²) in [4.78, 5) is 42.0. The Morgan fingerprint density at radius 3 is 2.77 bits per heavy atom. The highest BCUT2D eigenvalue weighted by atomic mass is 16.5. The van der Waals surface area contributed by atoms with E-state index < -0.39 is 0 Å². The normalized spacial score (nSPS) is 20.9. The maximum absolute atomic E-state index is 12.7. The molecule has 12 nitrogen and oxygen atoms in total. The Morgan fingerprint density at radius 2 is 1.91 bits per heavy atom. The number of aromatic nitrogens is 3. The molecule has 3 unspecified atom stereocenters. The lowest BCUT2D eigenvalue weighted by Gasteiger charge is -2.41. The number of anilines is 3. The third-order valence-electron chi connectivity index (χ3n) is 7.49. The molecule has 1 fully saturated rings. The van der Waals surface area contributed by atoms with Crippen molar-refractivity contribution in [2.24, 2.45) is 0 Å². The molecule has 5 aliphatic heterocycles. The third kappa shape index (κ3) is 9.43. The summed E-state index contributed by atoms with van der Waals surface area (Å²) in [6, 6.07) is 12.4. The summed E-state index contributed by atoms with van der Waals surface area (Å²) in [5.41, 5.74) is 4.01. The molecule has 4 N–H and O–H groups in total. The van der Waals surface area contributed by atoms with Crippen molar-refractivity contribution in [2.75, 3.05) is 69.7 Å². The van der Waals surface area contributed by atoms with Gasteiger partial charge < -0.3 is 26.0 Å². The number of carbonyl (C=O) groups is 2. The molecule has 5 aliphatic rings. The SMILES string of the molecule is CC(=O)NCCCOCC1CN2CCN1Cc1cccc(c1)Nc1cc(ccn1)-c1cnc(nc1)NCCCNC(=O)C2. The van der Waals surface area contributed by atoms with Gasteiger partial charge in [-0.15, -0.1) is 0 Å². The van der Waals surface area contributed by atoms with Crippen LogP contribution in [0.3, 0.4) is 0 Å². The molecular formula is C31H41N9O3. The topological polar surface area (TPSA) is 137 Å². The number of rotatable bonds is 6. The molecule has 8 rings (SSSR count). The van der Waals surface area contributed by atoms with Crippen LogP contribution in [0.5, 0.6) is 0 Å². The quantitative estimate of drug-likeness (QED) is 0.318. The van der Waals surface area contributed by atoms with Gasteiger partial charge in [-0.25, -0.2) is 15.0 Å². The number of nitrogens with one attached hydrogen (secondary N) is 4. The number of hydrogen-bond donors (Lipinski definition) is 4. The van der Waals surface area contributed by atoms with Crippen LogP contribution in [-0.2, 0) is 20.9 Å². The number of ether oxygens (including phenoxy) is 1. The minimum atomic E-state index is -0.0320. The molecule has 1 saturated heterocycles. The summed E-state index contributed by atoms with van der Waals surface area (Å²) < 4.78 is 6.06. The average molecular weight is 588 g/mol. The molecule has 8 bridgehead atoms. The molecule has 2 aromatic heterocycles. The van der Waals surface area contributed by atoms with Gasteiger partial charge in [0.2, 0.25) is 17.8 Å². The minimum Gasteiger partial charge on any atom is -0.380 e. The molecule has 12 heteroatoms. The Labute approximate surface area is 252 Å². The summed E-state index contributed by atoms with van der Waals surface area (Å²) in [6.45, 7) is 7.96. The third-order valence-corrected chi connectivity index (χ3v) is 7.49. The number of amides is 2. The highest BCUT2D eigenvalue weighted by molar-refractivity contribution is 5.78. The van der Waals surface area contributed by atoms with Gasteiger partial charge in [-0.05, 0) is 48.2 Å². The molecular weight excluding hydrogens is 546 g/mol. The van der Waals surface area contributed by atoms with Gasteiger partial charge in [-0.2, -0.15) is 0 Å². The summed E-state index contributed by atoms with van der Waals surface area (Å²) in [7, 11) is 0. The molecule has 0 radical (unpaired) electrons. The van der Waals surface area contributed by atoms with Gasteiger partial charge >= 0.3 is 0 Å². The predicted molar refractivity (Wildman–Crippen MR) is 166 cm³/mol. The Hall–Kier alpha value is -4.13. The van der Waals surface area contributed by atoms with E-state index in [2.05, 4.69) is 64.2 Å². The summed E-state index contributed by atoms with van der Waals surface area (Å²) in [5.74, 6) is 1.29. The van der Waals surface area contributed by atoms with Crippen LogP contribution in [0.4, 0.5) is 17.5 Å². The van der Waals surface area contributed by atoms with Gasteiger partial charge in [-0.3, -0.25) is 19.4 Å². The predicted octanol–water partition coefficient (Wildman–Crippen LogP) is 2.24. The fourth-order valence-corrected chi connectivity index (χ4v) is 5.28. The number of hydrogen-bond acceptors (Lipinski definition) is 10. The first-order chi connectivity index (χ1) is 21.0. The van der Waals surface area contributed by atoms with E-state index in [0.717, 1.165) is 61.7 Å². The standard InChI is InChI=1S/C31H41N9O3/c1-23(41)32-10-4-14-43-22-28-20-39-12-13-40(28)19-24-5-2-6-27(15-24)38-29-16-25(7-11-33-29)26-17-36-31(37-18-26)35-9-3-8-34-30(42)21-39/h2,5-7,11,15-18,28H,3-4,8-10,12-14,19-22H2,1H3,(H,32,41)(H,33,38)(H,34,42)(H,35,36,37). The van der Waals surface area contributed by atoms with Crippen LogP contribution in [0.15, 0.2) is 55.0 Å². The lowest BCUT2D eigenvalue weighted by Crippen LogP contribution is -2.56. The fraction of sp³-hybridized carbons (Fsp3) is 0.452. The maximum atomic E-state index is 12.7. The van der Waals surface area contributed by atoms with Crippen LogP contribution in [0.2, 0.25) is 0 Å². The molecule has 0 aliphatic carbocycles. The molecule has 228 valence electrons. The van der Waals surface area contributed by atoms with Crippen molar-refractivity contribution >= 4 is 29.3 Å². The molecule has 0 saturated carbocycles. The largest absolute Gasteiger partial charge is 0.380 e. The zero-order chi connectivity index (χ0) is 29.9. The van der Waals surface area contributed by atoms with Crippen molar-refractivity contribution in [3.8, 4) is 11.1 Å². The van der Waals surface area contributed by atoms with E-state index in [0.29, 0.717) is 45.3 Å². The number of piperazine rings is 1. The van der Waals surface area contributed by atoms with Crippen LogP contribution in [0.25, 0.3) is 11.1 Å². The maximum Gasteiger partial charge on any atom is 0.234 e. The lowest BCUT2D eigenvalue weighted by molar-refractivity contribution is -0.123. The van der Waals surface area contributed by atoms with Crippen LogP contribution in [-0.4, -0.2) is 102 Å². The van der Waals surface area contributed by atoms with E-state index in [9.17, 15) is 9.59 Å². The summed E-state index contributed by atoms with van der Waals surface area (Å²) in [6.07, 6.45) is 6.90. The fourth-order valence-electron chi connectivity index (χ4n) is 5.28. The monoisotopic (exact) mass is 587 g/mol. The van der Waals surface area contributed by atoms with Gasteiger partial charge in [0.05, 0.1) is 13.2 Å². The number of nitrogens with zero attached hydrogens (tertiary/aromatic N) is 5. The lowest BCUT2D eigenvalue weighted by atomic mass is 10.1. The van der Waals surface area contributed by atoms with Crippen LogP contribution >= 0.6 is 0 Å². The van der Waals surface area contributed by atoms with E-state index in [1.165, 1.54) is 12.5 Å². The Kier molecular flexibility index (Phi) is 10.8. The smallest absolute Gasteiger partial charge is 0.234 e. The zero-order valence-corrected chi connectivity index (χ0v) is 24.7. The van der Waals surface area contributed by atoms with Crippen LogP contribution in [0, 0.1) is 0 Å². The summed E-state index contributed by atoms with van der Waals surface area (Å²) in [5, 5.41) is 12.5. The van der Waals surface area contributed by atoms with E-state index in [1.54, 1.807) is 18.6 Å². The molecule has 0 spiro atoms. The highest BCUT2D eigenvalue weighted by Gasteiger charge is 2.28. The van der Waals surface area contributed by atoms with Gasteiger partial charge in [-0.1, -0.05) is 12.1 Å². The Bertz CT molecular complexity index is 1350. The number of carbonyl (C=O) groups excluding carboxylic acids is 2. The van der Waals surface area contributed by atoms with Gasteiger partial charge in [0.1, 0.15) is 5.82 Å². The molecule has 7 heterocycles. The van der Waals surface area contributed by atoms with Gasteiger partial charge in [0.15, 0.2) is 0 Å². The van der Waals surface area contributed by atoms with Crippen molar-refractivity contribution in [3.63, 3.8) is 0 Å². The first-order valence-electron chi connectivity index (χ1n) is 15.0. The second kappa shape index (κ2) is 15.4. The van der Waals surface area contributed by atoms with Crippen molar-refractivity contribution in [1.82, 2.24) is 35.4 Å². The van der Waals surface area contributed by atoms with Crippen molar-refractivity contribution in [3.05, 3.63) is 60.6 Å². The number of pyridine rings is 1. The van der Waals surface area contributed by atoms with Crippen molar-refractivity contribution in [1.29, 1.82) is 0 Å². The first-order valence-corrected chi connectivity index (χ1v) is 15.0. The van der Waals surface area contributed by atoms with E-state index >= 15 is 0 Å². The molecule has 1 aromatic carbocycles. The molecule has 3 atom stereocenters. The van der Waals surface area contributed by atoms with E-state index in [4.69, 9.17) is 4.74 Å². The van der Waals surface area contributed by atoms with Crippen LogP contribution in [0.1, 0.15) is 25.3 Å². The second-order valence-corrected chi connectivity index (χ2v) is 11.0. The van der Waals surface area contributed by atoms with Gasteiger partial charge in [0, 0.05) is 95.2 Å². The molecule has 3 aromatic rings. The van der Waals surface area contributed by atoms with E-state index in [-0.39, 0.29) is 17.9 Å². The van der Waals surface area contributed by atoms with Gasteiger partial charge in [0.25, 0.3) is 0 Å². The van der Waals surface area contributed by atoms with Crippen molar-refractivity contribution in [2.45, 2.75) is 32.4 Å². The van der Waals surface area contributed by atoms with Crippen molar-refractivity contribution < 1.29 is 14.3 Å². The second-order valence-electron chi connectivity index (χ2n) is 11.0. The first kappa shape index (κ1) is 30.3. The Morgan fingerprint density at radius 1 is 1.05 bits per heavy atom. The zero-order valence-electron chi connectivity index (χ0n) is 24.7. The Balaban J connectivity index is 1.31. The molecule has 2 amide bonds. The molecule has 43 heavy (non-hydrogen) atoms. The van der Waals surface area contributed by atoms with E-state index in [1.807, 2.05) is 18.2 Å².